The van der Waals surface area contributed by atoms with Gasteiger partial charge in [0.25, 0.3) is 5.91 Å². The lowest BCUT2D eigenvalue weighted by Gasteiger charge is -2.10. The Kier molecular flexibility index (Phi) is 5.32. The van der Waals surface area contributed by atoms with Gasteiger partial charge in [0, 0.05) is 31.3 Å². The summed E-state index contributed by atoms with van der Waals surface area (Å²) < 4.78 is 7.94. The number of nitrogens with one attached hydrogen (secondary N) is 1. The van der Waals surface area contributed by atoms with E-state index < -0.39 is 0 Å². The fourth-order valence-electron chi connectivity index (χ4n) is 3.56. The zero-order valence-electron chi connectivity index (χ0n) is 15.4. The van der Waals surface area contributed by atoms with Crippen molar-refractivity contribution in [3.63, 3.8) is 0 Å². The number of carbonyl (C=O) groups excluding carboxylic acids is 1. The van der Waals surface area contributed by atoms with Gasteiger partial charge in [-0.25, -0.2) is 0 Å². The molecule has 0 atom stereocenters. The topological polar surface area (TPSA) is 69.0 Å². The van der Waals surface area contributed by atoms with Crippen LogP contribution >= 0.6 is 0 Å². The molecular weight excluding hydrogens is 340 g/mol. The summed E-state index contributed by atoms with van der Waals surface area (Å²) in [4.78, 5) is 12.1. The van der Waals surface area contributed by atoms with E-state index in [-0.39, 0.29) is 12.5 Å². The van der Waals surface area contributed by atoms with Gasteiger partial charge in [-0.2, -0.15) is 0 Å². The van der Waals surface area contributed by atoms with Crippen LogP contribution in [0.3, 0.4) is 0 Å². The number of rotatable bonds is 6. The van der Waals surface area contributed by atoms with E-state index in [0.29, 0.717) is 13.0 Å². The first kappa shape index (κ1) is 17.5. The molecule has 0 saturated carbocycles. The van der Waals surface area contributed by atoms with Gasteiger partial charge >= 0.3 is 0 Å². The average Bonchev–Trinajstić information content (AvgIpc) is 2.93. The van der Waals surface area contributed by atoms with E-state index in [9.17, 15) is 4.79 Å². The third kappa shape index (κ3) is 4.10. The Morgan fingerprint density at radius 1 is 1.07 bits per heavy atom. The predicted molar refractivity (Wildman–Crippen MR) is 104 cm³/mol. The van der Waals surface area contributed by atoms with E-state index in [0.717, 1.165) is 41.1 Å². The molecule has 6 heteroatoms. The largest absolute Gasteiger partial charge is 0.483 e. The molecule has 1 aliphatic rings. The monoisotopic (exact) mass is 364 g/mol. The molecule has 0 bridgehead atoms. The van der Waals surface area contributed by atoms with Crippen molar-refractivity contribution in [1.82, 2.24) is 20.1 Å². The summed E-state index contributed by atoms with van der Waals surface area (Å²) >= 11 is 0. The summed E-state index contributed by atoms with van der Waals surface area (Å²) in [6.45, 7) is 1.53. The molecule has 0 unspecified atom stereocenters. The summed E-state index contributed by atoms with van der Waals surface area (Å²) in [5.74, 6) is 2.64. The maximum Gasteiger partial charge on any atom is 0.257 e. The van der Waals surface area contributed by atoms with Crippen molar-refractivity contribution in [2.45, 2.75) is 38.6 Å². The van der Waals surface area contributed by atoms with Crippen molar-refractivity contribution >= 4 is 16.7 Å². The highest BCUT2D eigenvalue weighted by Gasteiger charge is 2.14. The van der Waals surface area contributed by atoms with Crippen LogP contribution in [-0.2, 0) is 24.2 Å². The molecular formula is C21H24N4O2. The van der Waals surface area contributed by atoms with Crippen molar-refractivity contribution in [1.29, 1.82) is 0 Å². The van der Waals surface area contributed by atoms with Crippen LogP contribution in [0.5, 0.6) is 5.75 Å². The molecule has 1 aliphatic heterocycles. The van der Waals surface area contributed by atoms with E-state index in [1.54, 1.807) is 0 Å². The van der Waals surface area contributed by atoms with Gasteiger partial charge in [-0.1, -0.05) is 42.8 Å². The summed E-state index contributed by atoms with van der Waals surface area (Å²) in [5, 5.41) is 13.6. The quantitative estimate of drug-likeness (QED) is 0.730. The van der Waals surface area contributed by atoms with Crippen LogP contribution in [0.25, 0.3) is 10.8 Å². The Morgan fingerprint density at radius 3 is 2.93 bits per heavy atom. The smallest absolute Gasteiger partial charge is 0.257 e. The Hall–Kier alpha value is -2.89. The zero-order chi connectivity index (χ0) is 18.5. The molecule has 0 saturated heterocycles. The van der Waals surface area contributed by atoms with Gasteiger partial charge in [-0.3, -0.25) is 4.79 Å². The van der Waals surface area contributed by atoms with Crippen molar-refractivity contribution < 1.29 is 9.53 Å². The summed E-state index contributed by atoms with van der Waals surface area (Å²) in [5.41, 5.74) is 0. The number of nitrogens with zero attached hydrogens (tertiary/aromatic N) is 3. The van der Waals surface area contributed by atoms with Gasteiger partial charge < -0.3 is 14.6 Å². The minimum absolute atomic E-state index is 0.00590. The van der Waals surface area contributed by atoms with E-state index in [2.05, 4.69) is 20.1 Å². The van der Waals surface area contributed by atoms with Gasteiger partial charge in [0.05, 0.1) is 0 Å². The molecule has 6 nitrogen and oxygen atoms in total. The lowest BCUT2D eigenvalue weighted by molar-refractivity contribution is -0.123. The normalized spacial score (nSPS) is 13.8. The van der Waals surface area contributed by atoms with Crippen molar-refractivity contribution in [3.05, 3.63) is 54.1 Å². The fraction of sp³-hybridized carbons (Fsp3) is 0.381. The molecule has 27 heavy (non-hydrogen) atoms. The molecule has 0 fully saturated rings. The highest BCUT2D eigenvalue weighted by molar-refractivity contribution is 5.88. The van der Waals surface area contributed by atoms with Crippen molar-refractivity contribution in [2.24, 2.45) is 0 Å². The first-order valence-corrected chi connectivity index (χ1v) is 9.59. The van der Waals surface area contributed by atoms with Crippen LogP contribution in [0.2, 0.25) is 0 Å². The van der Waals surface area contributed by atoms with Gasteiger partial charge in [0.2, 0.25) is 0 Å². The molecule has 140 valence electrons. The first-order chi connectivity index (χ1) is 13.3. The number of benzene rings is 2. The van der Waals surface area contributed by atoms with Gasteiger partial charge in [-0.05, 0) is 24.3 Å². The van der Waals surface area contributed by atoms with E-state index in [1.165, 1.54) is 19.3 Å². The fourth-order valence-corrected chi connectivity index (χ4v) is 3.56. The van der Waals surface area contributed by atoms with Crippen LogP contribution in [0, 0.1) is 0 Å². The maximum absolute atomic E-state index is 12.1. The van der Waals surface area contributed by atoms with Crippen molar-refractivity contribution in [2.75, 3.05) is 13.2 Å². The number of hydrogen-bond donors (Lipinski definition) is 1. The zero-order valence-corrected chi connectivity index (χ0v) is 15.4. The summed E-state index contributed by atoms with van der Waals surface area (Å²) in [6, 6.07) is 13.8. The summed E-state index contributed by atoms with van der Waals surface area (Å²) in [6.07, 6.45) is 5.28. The molecule has 4 rings (SSSR count). The Bertz CT molecular complexity index is 930. The van der Waals surface area contributed by atoms with E-state index in [4.69, 9.17) is 4.74 Å². The number of amides is 1. The van der Waals surface area contributed by atoms with Crippen LogP contribution in [-0.4, -0.2) is 33.8 Å². The lowest BCUT2D eigenvalue weighted by Crippen LogP contribution is -2.31. The second kappa shape index (κ2) is 8.20. The number of ether oxygens (including phenoxy) is 1. The number of aromatic nitrogens is 3. The van der Waals surface area contributed by atoms with E-state index in [1.807, 2.05) is 42.5 Å². The molecule has 3 aromatic rings. The Labute approximate surface area is 158 Å². The maximum atomic E-state index is 12.1. The van der Waals surface area contributed by atoms with Crippen LogP contribution in [0.1, 0.15) is 30.9 Å². The lowest BCUT2D eigenvalue weighted by atomic mass is 10.1. The van der Waals surface area contributed by atoms with Crippen LogP contribution < -0.4 is 10.1 Å². The predicted octanol–water partition coefficient (Wildman–Crippen LogP) is 2.90. The van der Waals surface area contributed by atoms with Gasteiger partial charge in [0.1, 0.15) is 17.4 Å². The standard InChI is InChI=1S/C21H24N4O2/c26-21(15-27-18-10-6-8-16-7-3-4-9-17(16)18)22-13-12-20-24-23-19-11-2-1-5-14-25(19)20/h3-4,6-10H,1-2,5,11-15H2,(H,22,26). The minimum Gasteiger partial charge on any atom is -0.483 e. The van der Waals surface area contributed by atoms with Crippen LogP contribution in [0.4, 0.5) is 0 Å². The molecule has 2 aromatic carbocycles. The van der Waals surface area contributed by atoms with Gasteiger partial charge in [0.15, 0.2) is 6.61 Å². The molecule has 2 heterocycles. The minimum atomic E-state index is -0.126. The molecule has 1 N–H and O–H groups in total. The number of fused-ring (bicyclic) bond motifs is 2. The Morgan fingerprint density at radius 2 is 1.96 bits per heavy atom. The molecule has 0 aliphatic carbocycles. The SMILES string of the molecule is O=C(COc1cccc2ccccc12)NCCc1nnc2n1CCCCC2. The second-order valence-corrected chi connectivity index (χ2v) is 6.86. The van der Waals surface area contributed by atoms with Crippen LogP contribution in [0.15, 0.2) is 42.5 Å². The second-order valence-electron chi connectivity index (χ2n) is 6.86. The highest BCUT2D eigenvalue weighted by atomic mass is 16.5. The number of hydrogen-bond acceptors (Lipinski definition) is 4. The van der Waals surface area contributed by atoms with Gasteiger partial charge in [-0.15, -0.1) is 10.2 Å². The Balaban J connectivity index is 1.28. The average molecular weight is 364 g/mol. The summed E-state index contributed by atoms with van der Waals surface area (Å²) in [7, 11) is 0. The van der Waals surface area contributed by atoms with E-state index >= 15 is 0 Å². The van der Waals surface area contributed by atoms with Crippen molar-refractivity contribution in [3.8, 4) is 5.75 Å². The molecule has 0 spiro atoms. The molecule has 1 amide bonds. The highest BCUT2D eigenvalue weighted by Crippen LogP contribution is 2.24. The third-order valence-corrected chi connectivity index (χ3v) is 4.97. The molecule has 1 aromatic heterocycles. The molecule has 0 radical (unpaired) electrons. The number of aryl methyl sites for hydroxylation is 1. The third-order valence-electron chi connectivity index (χ3n) is 4.97. The number of carbonyl (C=O) groups is 1. The first-order valence-electron chi connectivity index (χ1n) is 9.59.